The van der Waals surface area contributed by atoms with E-state index in [1.165, 1.54) is 0 Å². The van der Waals surface area contributed by atoms with Crippen LogP contribution < -0.4 is 0 Å². The van der Waals surface area contributed by atoms with E-state index in [9.17, 15) is 0 Å². The highest BCUT2D eigenvalue weighted by Gasteiger charge is 1.81. The summed E-state index contributed by atoms with van der Waals surface area (Å²) in [6.45, 7) is 2.10. The normalized spacial score (nSPS) is 10.8. The minimum absolute atomic E-state index is 1.07. The van der Waals surface area contributed by atoms with Crippen molar-refractivity contribution < 1.29 is 0 Å². The van der Waals surface area contributed by atoms with Gasteiger partial charge in [0.25, 0.3) is 0 Å². The average molecular weight is 122 g/mol. The van der Waals surface area contributed by atoms with Crippen LogP contribution in [0.3, 0.4) is 0 Å². The highest BCUT2D eigenvalue weighted by atomic mass is 15.1. The van der Waals surface area contributed by atoms with Crippen LogP contribution in [0.25, 0.3) is 6.08 Å². The maximum atomic E-state index is 3.80. The van der Waals surface area contributed by atoms with Gasteiger partial charge < -0.3 is 0 Å². The van der Waals surface area contributed by atoms with Crippen molar-refractivity contribution in [2.45, 2.75) is 13.3 Å². The van der Waals surface area contributed by atoms with Gasteiger partial charge in [-0.25, -0.2) is 0 Å². The molecular formula is C7H10N2. The molecule has 0 aliphatic carbocycles. The third-order valence-electron chi connectivity index (χ3n) is 1.06. The van der Waals surface area contributed by atoms with Gasteiger partial charge in [-0.15, -0.1) is 0 Å². The molecule has 0 atom stereocenters. The van der Waals surface area contributed by atoms with Crippen molar-refractivity contribution in [1.82, 2.24) is 10.2 Å². The van der Waals surface area contributed by atoms with Gasteiger partial charge in [0.2, 0.25) is 0 Å². The van der Waals surface area contributed by atoms with Gasteiger partial charge in [-0.2, -0.15) is 5.10 Å². The molecule has 9 heavy (non-hydrogen) atoms. The molecule has 2 heteroatoms. The van der Waals surface area contributed by atoms with E-state index in [0.29, 0.717) is 0 Å². The highest BCUT2D eigenvalue weighted by molar-refractivity contribution is 5.42. The summed E-state index contributed by atoms with van der Waals surface area (Å²) in [6.07, 6.45) is 6.93. The Bertz CT molecular complexity index is 175. The van der Waals surface area contributed by atoms with Crippen molar-refractivity contribution in [3.05, 3.63) is 24.0 Å². The van der Waals surface area contributed by atoms with E-state index in [-0.39, 0.29) is 0 Å². The molecule has 1 heterocycles. The van der Waals surface area contributed by atoms with Crippen molar-refractivity contribution in [3.63, 3.8) is 0 Å². The molecule has 0 saturated carbocycles. The second-order valence-corrected chi connectivity index (χ2v) is 1.82. The summed E-state index contributed by atoms with van der Waals surface area (Å²) in [6, 6.07) is 1.94. The van der Waals surface area contributed by atoms with Gasteiger partial charge >= 0.3 is 0 Å². The molecule has 0 aromatic carbocycles. The number of H-pyrrole nitrogens is 1. The first-order valence-corrected chi connectivity index (χ1v) is 3.09. The van der Waals surface area contributed by atoms with Crippen molar-refractivity contribution >= 4 is 6.08 Å². The van der Waals surface area contributed by atoms with Crippen LogP contribution in [0.1, 0.15) is 19.0 Å². The van der Waals surface area contributed by atoms with Crippen LogP contribution in [0.5, 0.6) is 0 Å². The Hall–Kier alpha value is -1.05. The van der Waals surface area contributed by atoms with E-state index < -0.39 is 0 Å². The molecule has 0 amide bonds. The molecule has 0 fully saturated rings. The van der Waals surface area contributed by atoms with Gasteiger partial charge in [-0.05, 0) is 18.6 Å². The van der Waals surface area contributed by atoms with Crippen LogP contribution in [0.15, 0.2) is 18.3 Å². The third-order valence-corrected chi connectivity index (χ3v) is 1.06. The lowest BCUT2D eigenvalue weighted by Gasteiger charge is -1.79. The van der Waals surface area contributed by atoms with Crippen LogP contribution in [0.4, 0.5) is 0 Å². The van der Waals surface area contributed by atoms with Gasteiger partial charge in [-0.3, -0.25) is 5.10 Å². The molecule has 0 aliphatic rings. The molecule has 0 aliphatic heterocycles. The second kappa shape index (κ2) is 3.07. The monoisotopic (exact) mass is 122 g/mol. The van der Waals surface area contributed by atoms with E-state index in [2.05, 4.69) is 23.2 Å². The molecule has 0 saturated heterocycles. The lowest BCUT2D eigenvalue weighted by Crippen LogP contribution is -1.68. The number of hydrogen-bond acceptors (Lipinski definition) is 1. The maximum Gasteiger partial charge on any atom is 0.0574 e. The van der Waals surface area contributed by atoms with E-state index in [1.807, 2.05) is 12.1 Å². The van der Waals surface area contributed by atoms with E-state index in [0.717, 1.165) is 12.1 Å². The molecule has 1 N–H and O–H groups in total. The molecule has 0 unspecified atom stereocenters. The Morgan fingerprint density at radius 2 is 2.67 bits per heavy atom. The predicted molar refractivity (Wildman–Crippen MR) is 37.9 cm³/mol. The summed E-state index contributed by atoms with van der Waals surface area (Å²) >= 11 is 0. The van der Waals surface area contributed by atoms with Gasteiger partial charge in [0.05, 0.1) is 5.69 Å². The summed E-state index contributed by atoms with van der Waals surface area (Å²) in [4.78, 5) is 0. The van der Waals surface area contributed by atoms with E-state index in [1.54, 1.807) is 6.20 Å². The molecule has 0 radical (unpaired) electrons. The highest BCUT2D eigenvalue weighted by Crippen LogP contribution is 1.94. The van der Waals surface area contributed by atoms with Crippen molar-refractivity contribution in [1.29, 1.82) is 0 Å². The summed E-state index contributed by atoms with van der Waals surface area (Å²) in [5.74, 6) is 0. The van der Waals surface area contributed by atoms with Crippen molar-refractivity contribution in [2.24, 2.45) is 0 Å². The number of allylic oxidation sites excluding steroid dienone is 1. The van der Waals surface area contributed by atoms with E-state index >= 15 is 0 Å². The van der Waals surface area contributed by atoms with Crippen LogP contribution in [0, 0.1) is 0 Å². The number of nitrogens with zero attached hydrogens (tertiary/aromatic N) is 1. The average Bonchev–Trinajstić information content (AvgIpc) is 2.34. The first-order valence-electron chi connectivity index (χ1n) is 3.09. The maximum absolute atomic E-state index is 3.80. The fourth-order valence-electron chi connectivity index (χ4n) is 0.604. The Labute approximate surface area is 54.6 Å². The topological polar surface area (TPSA) is 28.7 Å². The number of aromatic amines is 1. The van der Waals surface area contributed by atoms with Gasteiger partial charge in [0.1, 0.15) is 0 Å². The van der Waals surface area contributed by atoms with Gasteiger partial charge in [0, 0.05) is 6.20 Å². The Kier molecular flexibility index (Phi) is 2.07. The Morgan fingerprint density at radius 3 is 3.22 bits per heavy atom. The largest absolute Gasteiger partial charge is 0.278 e. The van der Waals surface area contributed by atoms with Crippen LogP contribution in [0.2, 0.25) is 0 Å². The molecule has 2 nitrogen and oxygen atoms in total. The summed E-state index contributed by atoms with van der Waals surface area (Å²) in [5.41, 5.74) is 1.07. The molecule has 1 aromatic heterocycles. The number of hydrogen-bond donors (Lipinski definition) is 1. The molecule has 0 spiro atoms. The van der Waals surface area contributed by atoms with E-state index in [4.69, 9.17) is 0 Å². The lowest BCUT2D eigenvalue weighted by atomic mass is 10.3. The first kappa shape index (κ1) is 6.08. The van der Waals surface area contributed by atoms with Gasteiger partial charge in [0.15, 0.2) is 0 Å². The minimum atomic E-state index is 1.07. The second-order valence-electron chi connectivity index (χ2n) is 1.82. The number of nitrogens with one attached hydrogen (secondary N) is 1. The quantitative estimate of drug-likeness (QED) is 0.637. The smallest absolute Gasteiger partial charge is 0.0574 e. The molecule has 1 rings (SSSR count). The number of aromatic nitrogens is 2. The molecule has 48 valence electrons. The summed E-state index contributed by atoms with van der Waals surface area (Å²) < 4.78 is 0. The van der Waals surface area contributed by atoms with Gasteiger partial charge in [-0.1, -0.05) is 13.0 Å². The van der Waals surface area contributed by atoms with Crippen LogP contribution >= 0.6 is 0 Å². The van der Waals surface area contributed by atoms with Crippen LogP contribution in [-0.4, -0.2) is 10.2 Å². The molecular weight excluding hydrogens is 112 g/mol. The predicted octanol–water partition coefficient (Wildman–Crippen LogP) is 1.83. The first-order chi connectivity index (χ1) is 4.43. The fourth-order valence-corrected chi connectivity index (χ4v) is 0.604. The fraction of sp³-hybridized carbons (Fsp3) is 0.286. The standard InChI is InChI=1S/C7H10N2/c1-2-3-4-7-5-6-8-9-7/h3-6H,2H2,1H3,(H,8,9). The van der Waals surface area contributed by atoms with Crippen molar-refractivity contribution in [2.75, 3.05) is 0 Å². The Balaban J connectivity index is 2.57. The summed E-state index contributed by atoms with van der Waals surface area (Å²) in [7, 11) is 0. The third kappa shape index (κ3) is 1.72. The molecule has 1 aromatic rings. The molecule has 0 bridgehead atoms. The van der Waals surface area contributed by atoms with Crippen LogP contribution in [-0.2, 0) is 0 Å². The minimum Gasteiger partial charge on any atom is -0.278 e. The zero-order valence-electron chi connectivity index (χ0n) is 5.46. The zero-order valence-corrected chi connectivity index (χ0v) is 5.46. The lowest BCUT2D eigenvalue weighted by molar-refractivity contribution is 1.08. The summed E-state index contributed by atoms with van der Waals surface area (Å²) in [5, 5.41) is 6.63. The number of rotatable bonds is 2. The van der Waals surface area contributed by atoms with Crippen molar-refractivity contribution in [3.8, 4) is 0 Å². The zero-order chi connectivity index (χ0) is 6.53. The SMILES string of the molecule is CCC=Cc1ccn[nH]1. The Morgan fingerprint density at radius 1 is 1.78 bits per heavy atom.